The van der Waals surface area contributed by atoms with Gasteiger partial charge in [0.1, 0.15) is 6.10 Å². The number of aliphatic hydroxyl groups excluding tert-OH is 1. The van der Waals surface area contributed by atoms with Gasteiger partial charge in [-0.15, -0.1) is 0 Å². The van der Waals surface area contributed by atoms with Crippen molar-refractivity contribution in [3.05, 3.63) is 36.1 Å². The molecule has 1 N–H and O–H groups in total. The molecule has 0 saturated heterocycles. The van der Waals surface area contributed by atoms with Crippen LogP contribution in [0.25, 0.3) is 0 Å². The molecule has 0 fully saturated rings. The van der Waals surface area contributed by atoms with Gasteiger partial charge in [-0.1, -0.05) is 18.7 Å². The molecule has 5 heteroatoms. The van der Waals surface area contributed by atoms with Crippen molar-refractivity contribution in [1.29, 1.82) is 0 Å². The Balaban J connectivity index is 4.42. The summed E-state index contributed by atoms with van der Waals surface area (Å²) >= 11 is 9.19. The smallest absolute Gasteiger partial charge is 0.251 e. The summed E-state index contributed by atoms with van der Waals surface area (Å²) in [6, 6.07) is 0. The summed E-state index contributed by atoms with van der Waals surface area (Å²) in [5, 5.41) is 7.77. The van der Waals surface area contributed by atoms with Gasteiger partial charge < -0.3 is 9.84 Å². The Morgan fingerprint density at radius 3 is 2.62 bits per heavy atom. The standard InChI is InChI=1S/C11H15ClO3S/c1-7(5-4-6-8(2)15-3)10(16)9(13)11(12)14/h4-6,9-10,13,16H,1H2,2-3H3/b5-4-,8-6+/t9-,10-/m0/s1. The highest BCUT2D eigenvalue weighted by molar-refractivity contribution is 7.81. The van der Waals surface area contributed by atoms with E-state index < -0.39 is 16.6 Å². The molecule has 90 valence electrons. The van der Waals surface area contributed by atoms with E-state index in [4.69, 9.17) is 16.3 Å². The summed E-state index contributed by atoms with van der Waals surface area (Å²) in [5.41, 5.74) is 0.491. The summed E-state index contributed by atoms with van der Waals surface area (Å²) in [5.74, 6) is 0.730. The Morgan fingerprint density at radius 2 is 2.19 bits per heavy atom. The van der Waals surface area contributed by atoms with Crippen molar-refractivity contribution < 1.29 is 14.6 Å². The third kappa shape index (κ3) is 5.39. The zero-order valence-electron chi connectivity index (χ0n) is 9.18. The van der Waals surface area contributed by atoms with Gasteiger partial charge in [0.25, 0.3) is 5.24 Å². The lowest BCUT2D eigenvalue weighted by Crippen LogP contribution is -2.27. The van der Waals surface area contributed by atoms with E-state index in [1.165, 1.54) is 0 Å². The van der Waals surface area contributed by atoms with Gasteiger partial charge in [0.05, 0.1) is 18.1 Å². The summed E-state index contributed by atoms with van der Waals surface area (Å²) in [6.45, 7) is 5.47. The Hall–Kier alpha value is -0.710. The van der Waals surface area contributed by atoms with Crippen LogP contribution >= 0.6 is 24.2 Å². The first-order chi connectivity index (χ1) is 7.40. The third-order valence-corrected chi connectivity index (χ3v) is 2.71. The van der Waals surface area contributed by atoms with Crippen LogP contribution in [0.5, 0.6) is 0 Å². The number of ether oxygens (including phenoxy) is 1. The predicted octanol–water partition coefficient (Wildman–Crippen LogP) is 2.07. The molecule has 0 aliphatic heterocycles. The van der Waals surface area contributed by atoms with Crippen LogP contribution in [0.15, 0.2) is 36.1 Å². The van der Waals surface area contributed by atoms with Gasteiger partial charge in [-0.25, -0.2) is 0 Å². The first-order valence-electron chi connectivity index (χ1n) is 4.53. The quantitative estimate of drug-likeness (QED) is 0.333. The summed E-state index contributed by atoms with van der Waals surface area (Å²) < 4.78 is 4.91. The fourth-order valence-corrected chi connectivity index (χ4v) is 1.24. The maximum atomic E-state index is 10.7. The monoisotopic (exact) mass is 262 g/mol. The molecule has 2 atom stereocenters. The van der Waals surface area contributed by atoms with Crippen LogP contribution in [0.2, 0.25) is 0 Å². The summed E-state index contributed by atoms with van der Waals surface area (Å²) in [6.07, 6.45) is 3.69. The maximum Gasteiger partial charge on any atom is 0.251 e. The Morgan fingerprint density at radius 1 is 1.62 bits per heavy atom. The van der Waals surface area contributed by atoms with Crippen molar-refractivity contribution in [3.8, 4) is 0 Å². The zero-order chi connectivity index (χ0) is 12.7. The molecule has 0 radical (unpaired) electrons. The number of carbonyl (C=O) groups excluding carboxylic acids is 1. The summed E-state index contributed by atoms with van der Waals surface area (Å²) in [7, 11) is 1.56. The van der Waals surface area contributed by atoms with Gasteiger partial charge in [0.15, 0.2) is 0 Å². The number of carbonyl (C=O) groups is 1. The first-order valence-corrected chi connectivity index (χ1v) is 5.42. The van der Waals surface area contributed by atoms with Gasteiger partial charge in [-0.05, 0) is 30.2 Å². The molecule has 0 bridgehead atoms. The van der Waals surface area contributed by atoms with E-state index in [-0.39, 0.29) is 0 Å². The van der Waals surface area contributed by atoms with Crippen LogP contribution in [-0.2, 0) is 9.53 Å². The van der Waals surface area contributed by atoms with Crippen LogP contribution in [0.3, 0.4) is 0 Å². The fraction of sp³-hybridized carbons (Fsp3) is 0.364. The number of aliphatic hydroxyl groups is 1. The molecule has 0 heterocycles. The largest absolute Gasteiger partial charge is 0.501 e. The van der Waals surface area contributed by atoms with Crippen molar-refractivity contribution >= 4 is 29.5 Å². The number of methoxy groups -OCH3 is 1. The number of rotatable bonds is 6. The molecule has 0 unspecified atom stereocenters. The van der Waals surface area contributed by atoms with E-state index in [0.29, 0.717) is 5.57 Å². The second-order valence-corrected chi connectivity index (χ2v) is 4.04. The van der Waals surface area contributed by atoms with Crippen LogP contribution in [0.4, 0.5) is 0 Å². The minimum Gasteiger partial charge on any atom is -0.501 e. The van der Waals surface area contributed by atoms with Crippen molar-refractivity contribution in [1.82, 2.24) is 0 Å². The number of hydrogen-bond acceptors (Lipinski definition) is 4. The van der Waals surface area contributed by atoms with Gasteiger partial charge >= 0.3 is 0 Å². The molecular formula is C11H15ClO3S. The Bertz CT molecular complexity index is 323. The van der Waals surface area contributed by atoms with Gasteiger partial charge in [0.2, 0.25) is 0 Å². The van der Waals surface area contributed by atoms with Crippen molar-refractivity contribution in [2.45, 2.75) is 18.3 Å². The highest BCUT2D eigenvalue weighted by atomic mass is 35.5. The van der Waals surface area contributed by atoms with E-state index in [9.17, 15) is 9.90 Å². The topological polar surface area (TPSA) is 46.5 Å². The van der Waals surface area contributed by atoms with Gasteiger partial charge in [0, 0.05) is 0 Å². The Labute approximate surface area is 106 Å². The highest BCUT2D eigenvalue weighted by Gasteiger charge is 2.22. The molecule has 0 aromatic carbocycles. The normalized spacial score (nSPS) is 15.9. The second kappa shape index (κ2) is 7.54. The molecule has 0 amide bonds. The van der Waals surface area contributed by atoms with Crippen LogP contribution in [0.1, 0.15) is 6.92 Å². The van der Waals surface area contributed by atoms with E-state index in [0.717, 1.165) is 5.76 Å². The molecule has 0 aliphatic carbocycles. The first kappa shape index (κ1) is 15.3. The minimum absolute atomic E-state index is 0.491. The Kier molecular flexibility index (Phi) is 7.21. The fourth-order valence-electron chi connectivity index (χ4n) is 0.801. The number of halogens is 1. The van der Waals surface area contributed by atoms with Crippen LogP contribution < -0.4 is 0 Å². The minimum atomic E-state index is -1.35. The molecule has 0 spiro atoms. The predicted molar refractivity (Wildman–Crippen MR) is 68.7 cm³/mol. The number of allylic oxidation sites excluding steroid dienone is 4. The van der Waals surface area contributed by atoms with E-state index >= 15 is 0 Å². The lowest BCUT2D eigenvalue weighted by Gasteiger charge is -2.14. The average molecular weight is 263 g/mol. The van der Waals surface area contributed by atoms with Crippen molar-refractivity contribution in [2.75, 3.05) is 7.11 Å². The number of thiol groups is 1. The zero-order valence-corrected chi connectivity index (χ0v) is 10.8. The summed E-state index contributed by atoms with van der Waals surface area (Å²) in [4.78, 5) is 10.7. The van der Waals surface area contributed by atoms with Gasteiger partial charge in [-0.2, -0.15) is 12.6 Å². The van der Waals surface area contributed by atoms with Crippen LogP contribution in [0, 0.1) is 0 Å². The van der Waals surface area contributed by atoms with Gasteiger partial charge in [-0.3, -0.25) is 4.79 Å². The molecular weight excluding hydrogens is 248 g/mol. The highest BCUT2D eigenvalue weighted by Crippen LogP contribution is 2.15. The molecule has 3 nitrogen and oxygen atoms in total. The van der Waals surface area contributed by atoms with Crippen molar-refractivity contribution in [3.63, 3.8) is 0 Å². The molecule has 0 aliphatic rings. The third-order valence-electron chi connectivity index (χ3n) is 1.87. The van der Waals surface area contributed by atoms with E-state index in [1.807, 2.05) is 0 Å². The lowest BCUT2D eigenvalue weighted by atomic mass is 10.1. The molecule has 16 heavy (non-hydrogen) atoms. The number of hydrogen-bond donors (Lipinski definition) is 2. The lowest BCUT2D eigenvalue weighted by molar-refractivity contribution is -0.118. The maximum absolute atomic E-state index is 10.7. The molecule has 0 rings (SSSR count). The molecule has 0 saturated carbocycles. The van der Waals surface area contributed by atoms with E-state index in [1.54, 1.807) is 32.3 Å². The molecule has 0 aromatic rings. The van der Waals surface area contributed by atoms with Crippen LogP contribution in [-0.4, -0.2) is 28.8 Å². The SMILES string of the molecule is C=C(/C=C\C=C(/C)OC)[C@H](S)[C@H](O)C(=O)Cl. The van der Waals surface area contributed by atoms with Crippen molar-refractivity contribution in [2.24, 2.45) is 0 Å². The second-order valence-electron chi connectivity index (χ2n) is 3.11. The average Bonchev–Trinajstić information content (AvgIpc) is 2.26. The molecule has 0 aromatic heterocycles. The van der Waals surface area contributed by atoms with E-state index in [2.05, 4.69) is 19.2 Å².